The molecule has 0 spiro atoms. The molecule has 2 saturated heterocycles. The van der Waals surface area contributed by atoms with Crippen LogP contribution in [0.5, 0.6) is 0 Å². The van der Waals surface area contributed by atoms with Gasteiger partial charge >= 0.3 is 5.97 Å². The van der Waals surface area contributed by atoms with Gasteiger partial charge in [0, 0.05) is 32.5 Å². The third kappa shape index (κ3) is 28.1. The van der Waals surface area contributed by atoms with Crippen LogP contribution in [0.3, 0.4) is 0 Å². The summed E-state index contributed by atoms with van der Waals surface area (Å²) in [4.78, 5) is 203. The first-order valence-corrected chi connectivity index (χ1v) is 30.1. The molecular weight excluding hydrogens is 1220 g/mol. The van der Waals surface area contributed by atoms with E-state index in [9.17, 15) is 87.2 Å². The van der Waals surface area contributed by atoms with E-state index in [0.717, 1.165) is 9.80 Å². The number of primary amides is 2. The molecule has 518 valence electrons. The molecule has 92 heavy (non-hydrogen) atoms. The molecule has 14 amide bonds. The lowest BCUT2D eigenvalue weighted by Crippen LogP contribution is -2.60. The normalized spacial score (nSPS) is 17.3. The average Bonchev–Trinajstić information content (AvgIpc) is 1.72. The van der Waals surface area contributed by atoms with Crippen LogP contribution in [0.4, 0.5) is 0 Å². The summed E-state index contributed by atoms with van der Waals surface area (Å²) in [7, 11) is 0. The van der Waals surface area contributed by atoms with Gasteiger partial charge in [-0.15, -0.1) is 0 Å². The smallest absolute Gasteiger partial charge is 0.322 e. The molecule has 38 nitrogen and oxygen atoms in total. The number of nitrogens with zero attached hydrogens (tertiary/aromatic N) is 3. The van der Waals surface area contributed by atoms with Gasteiger partial charge in [0.05, 0.1) is 32.4 Å². The highest BCUT2D eigenvalue weighted by molar-refractivity contribution is 5.99. The molecule has 0 aliphatic carbocycles. The number of aliphatic hydroxyl groups is 3. The summed E-state index contributed by atoms with van der Waals surface area (Å²) in [5, 5.41) is 62.6. The van der Waals surface area contributed by atoms with Crippen molar-refractivity contribution in [2.45, 2.75) is 177 Å². The van der Waals surface area contributed by atoms with E-state index in [2.05, 4.69) is 58.2 Å². The Bertz CT molecular complexity index is 2630. The van der Waals surface area contributed by atoms with E-state index in [1.807, 2.05) is 0 Å². The van der Waals surface area contributed by atoms with Crippen molar-refractivity contribution in [3.8, 4) is 0 Å². The lowest BCUT2D eigenvalue weighted by Gasteiger charge is -2.30. The zero-order chi connectivity index (χ0) is 69.4. The van der Waals surface area contributed by atoms with Crippen LogP contribution in [-0.4, -0.2) is 250 Å². The molecule has 0 radical (unpaired) electrons. The van der Waals surface area contributed by atoms with Crippen LogP contribution in [0.25, 0.3) is 0 Å². The predicted molar refractivity (Wildman–Crippen MR) is 323 cm³/mol. The summed E-state index contributed by atoms with van der Waals surface area (Å²) in [6.45, 7) is 0.542. The molecule has 0 aromatic heterocycles. The minimum absolute atomic E-state index is 0.00209. The predicted octanol–water partition coefficient (Wildman–Crippen LogP) is -10.8. The second-order valence-corrected chi connectivity index (χ2v) is 22.5. The van der Waals surface area contributed by atoms with E-state index in [4.69, 9.17) is 39.5 Å². The van der Waals surface area contributed by atoms with Gasteiger partial charge in [-0.05, 0) is 96.4 Å². The second kappa shape index (κ2) is 40.8. The number of hydrogen-bond acceptors (Lipinski definition) is 21. The van der Waals surface area contributed by atoms with Crippen molar-refractivity contribution in [2.24, 2.45) is 45.3 Å². The number of likely N-dealkylation sites (tertiary alicyclic amines) is 2. The van der Waals surface area contributed by atoms with E-state index < -0.39 is 214 Å². The molecule has 2 heterocycles. The Labute approximate surface area is 530 Å². The van der Waals surface area contributed by atoms with Gasteiger partial charge < -0.3 is 118 Å². The Morgan fingerprint density at radius 2 is 0.957 bits per heavy atom. The first-order valence-electron chi connectivity index (χ1n) is 30.1. The first kappa shape index (κ1) is 79.2. The van der Waals surface area contributed by atoms with Gasteiger partial charge in [-0.2, -0.15) is 0 Å². The molecule has 2 fully saturated rings. The first-order chi connectivity index (χ1) is 43.3. The fourth-order valence-electron chi connectivity index (χ4n) is 9.65. The van der Waals surface area contributed by atoms with Crippen molar-refractivity contribution in [1.29, 1.82) is 0 Å². The summed E-state index contributed by atoms with van der Waals surface area (Å²) in [6, 6.07) is -14.3. The molecule has 2 aliphatic heterocycles. The summed E-state index contributed by atoms with van der Waals surface area (Å²) in [6.07, 6.45) is -1.45. The van der Waals surface area contributed by atoms with Gasteiger partial charge in [-0.25, -0.2) is 0 Å². The summed E-state index contributed by atoms with van der Waals surface area (Å²) in [5.41, 5.74) is 32.9. The van der Waals surface area contributed by atoms with E-state index in [1.165, 1.54) is 6.92 Å². The number of carbonyl (C=O) groups excluding carboxylic acids is 14. The number of carboxylic acids is 1. The lowest BCUT2D eigenvalue weighted by atomic mass is 10.0. The molecule has 0 unspecified atom stereocenters. The molecule has 38 heteroatoms. The van der Waals surface area contributed by atoms with Gasteiger partial charge in [0.2, 0.25) is 82.7 Å². The van der Waals surface area contributed by atoms with Gasteiger partial charge in [0.1, 0.15) is 67.0 Å². The number of carbonyl (C=O) groups is 15. The number of nitrogens with two attached hydrogens (primary N) is 6. The van der Waals surface area contributed by atoms with Crippen LogP contribution in [0.1, 0.15) is 111 Å². The highest BCUT2D eigenvalue weighted by atomic mass is 16.4. The van der Waals surface area contributed by atoms with E-state index in [-0.39, 0.29) is 76.6 Å². The van der Waals surface area contributed by atoms with Crippen LogP contribution in [0.15, 0.2) is 4.99 Å². The monoisotopic (exact) mass is 1310 g/mol. The van der Waals surface area contributed by atoms with Crippen molar-refractivity contribution in [3.63, 3.8) is 0 Å². The number of rotatable bonds is 42. The Kier molecular flexibility index (Phi) is 35.1. The SMILES string of the molecule is CC(C)C[C@H](NC(=O)[C@H](CCCCN)NC(=O)[C@@H]1CCCN1C(=O)[C@H](CO)NC(=O)[C@@H](N)[C@@H](C)O)C(=O)N[C@@H](CO)C(=O)NCC(=O)N[C@@H](CCC(N)=O)C(=O)NCC(=O)N[C@@H](CCC(N)=O)C(=O)N[C@@H](CCCN=C(N)N)C(=O)N1CCC[C@H]1C(=O)NCC(=O)O. The molecule has 0 bridgehead atoms. The number of aliphatic imine (C=N–C) groups is 1. The third-order valence-corrected chi connectivity index (χ3v) is 14.5. The fraction of sp³-hybridized carbons (Fsp3) is 0.704. The van der Waals surface area contributed by atoms with Crippen molar-refractivity contribution in [3.05, 3.63) is 0 Å². The van der Waals surface area contributed by atoms with Gasteiger partial charge in [0.15, 0.2) is 5.96 Å². The summed E-state index contributed by atoms with van der Waals surface area (Å²) >= 11 is 0. The van der Waals surface area contributed by atoms with Gasteiger partial charge in [-0.3, -0.25) is 76.9 Å². The Balaban J connectivity index is 2.20. The molecule has 0 aromatic rings. The number of aliphatic hydroxyl groups excluding tert-OH is 3. The molecule has 0 aromatic carbocycles. The zero-order valence-electron chi connectivity index (χ0n) is 51.9. The van der Waals surface area contributed by atoms with E-state index in [1.54, 1.807) is 13.8 Å². The van der Waals surface area contributed by atoms with Crippen LogP contribution in [0.2, 0.25) is 0 Å². The van der Waals surface area contributed by atoms with E-state index >= 15 is 0 Å². The summed E-state index contributed by atoms with van der Waals surface area (Å²) < 4.78 is 0. The van der Waals surface area contributed by atoms with Crippen molar-refractivity contribution < 1.29 is 92.3 Å². The molecule has 26 N–H and O–H groups in total. The summed E-state index contributed by atoms with van der Waals surface area (Å²) in [5.74, 6) is -14.9. The lowest BCUT2D eigenvalue weighted by molar-refractivity contribution is -0.143. The quantitative estimate of drug-likeness (QED) is 0.0153. The molecule has 0 saturated carbocycles. The maximum Gasteiger partial charge on any atom is 0.322 e. The van der Waals surface area contributed by atoms with Crippen molar-refractivity contribution >= 4 is 94.6 Å². The maximum absolute atomic E-state index is 14.0. The van der Waals surface area contributed by atoms with Crippen LogP contribution in [0, 0.1) is 5.92 Å². The van der Waals surface area contributed by atoms with Crippen LogP contribution >= 0.6 is 0 Å². The maximum atomic E-state index is 14.0. The minimum Gasteiger partial charge on any atom is -0.480 e. The third-order valence-electron chi connectivity index (χ3n) is 14.5. The zero-order valence-corrected chi connectivity index (χ0v) is 51.9. The molecular formula is C54H93N19O19. The second-order valence-electron chi connectivity index (χ2n) is 22.5. The van der Waals surface area contributed by atoms with Crippen LogP contribution in [-0.2, 0) is 71.9 Å². The van der Waals surface area contributed by atoms with Gasteiger partial charge in [0.25, 0.3) is 0 Å². The molecule has 11 atom stereocenters. The van der Waals surface area contributed by atoms with Gasteiger partial charge in [-0.1, -0.05) is 13.8 Å². The standard InChI is InChI=1S/C54H93N19O19/c1-27(2)21-33(69-46(85)29(9-4-5-17-55)67-50(89)37-12-8-20-73(37)53(92)35(26-75)71-51(90)43(58)28(3)76)48(87)70-34(25-74)45(84)63-23-40(79)65-30(13-15-38(56)77)44(83)62-22-41(80)66-31(14-16-39(57)78)47(86)68-32(10-6-18-61-54(59)60)52(91)72-19-7-11-36(72)49(88)64-24-42(81)82/h27-37,43,74-76H,4-26,55,58H2,1-3H3,(H2,56,77)(H2,57,78)(H,62,83)(H,63,84)(H,64,88)(H,65,79)(H,66,80)(H,67,89)(H,68,86)(H,69,85)(H,70,87)(H,71,90)(H,81,82)(H4,59,60,61)/t28-,29+,30+,31+,32+,33+,34+,35+,36+,37+,43+/m1/s1. The fourth-order valence-corrected chi connectivity index (χ4v) is 9.65. The largest absolute Gasteiger partial charge is 0.480 e. The van der Waals surface area contributed by atoms with Crippen molar-refractivity contribution in [1.82, 2.24) is 63.0 Å². The average molecular weight is 1310 g/mol. The highest BCUT2D eigenvalue weighted by Crippen LogP contribution is 2.22. The Morgan fingerprint density at radius 1 is 0.511 bits per heavy atom. The number of guanidine groups is 1. The number of amides is 14. The Morgan fingerprint density at radius 3 is 1.43 bits per heavy atom. The number of carboxylic acid groups (broad SMARTS) is 1. The Hall–Kier alpha value is -8.88. The highest BCUT2D eigenvalue weighted by Gasteiger charge is 2.41. The minimum atomic E-state index is -1.76. The van der Waals surface area contributed by atoms with E-state index in [0.29, 0.717) is 25.7 Å². The van der Waals surface area contributed by atoms with Crippen molar-refractivity contribution in [2.75, 3.05) is 59.0 Å². The number of hydrogen-bond donors (Lipinski definition) is 20. The molecule has 2 rings (SSSR count). The van der Waals surface area contributed by atoms with Crippen LogP contribution < -0.4 is 87.6 Å². The topological polar surface area (TPSA) is 632 Å². The number of unbranched alkanes of at least 4 members (excludes halogenated alkanes) is 1. The number of nitrogens with one attached hydrogen (secondary N) is 10. The number of aliphatic carboxylic acids is 1. The molecule has 2 aliphatic rings.